The van der Waals surface area contributed by atoms with Crippen molar-refractivity contribution in [2.75, 3.05) is 0 Å². The zero-order valence-corrected chi connectivity index (χ0v) is 9.25. The normalized spacial score (nSPS) is 48.4. The molecule has 2 bridgehead atoms. The zero-order chi connectivity index (χ0) is 10.5. The van der Waals surface area contributed by atoms with Crippen LogP contribution in [0.5, 0.6) is 0 Å². The van der Waals surface area contributed by atoms with Crippen molar-refractivity contribution in [2.45, 2.75) is 57.2 Å². The molecule has 0 aromatic carbocycles. The first-order valence-electron chi connectivity index (χ1n) is 5.87. The summed E-state index contributed by atoms with van der Waals surface area (Å²) in [6, 6.07) is 0. The van der Waals surface area contributed by atoms with Crippen LogP contribution in [0.1, 0.15) is 45.4 Å². The van der Waals surface area contributed by atoms with Crippen LogP contribution in [-0.2, 0) is 4.74 Å². The van der Waals surface area contributed by atoms with E-state index in [1.165, 1.54) is 19.3 Å². The van der Waals surface area contributed by atoms with Crippen LogP contribution in [-0.4, -0.2) is 17.7 Å². The van der Waals surface area contributed by atoms with Gasteiger partial charge in [0, 0.05) is 17.9 Å². The molecular formula is C11H19N3O. The number of nitrogens with zero attached hydrogens (tertiary/aromatic N) is 1. The summed E-state index contributed by atoms with van der Waals surface area (Å²) in [5.41, 5.74) is 9.85. The molecule has 1 atom stereocenters. The van der Waals surface area contributed by atoms with Gasteiger partial charge in [-0.05, 0) is 38.5 Å². The quantitative estimate of drug-likeness (QED) is 0.684. The summed E-state index contributed by atoms with van der Waals surface area (Å²) < 4.78 is 5.75. The van der Waals surface area contributed by atoms with E-state index in [1.807, 2.05) is 6.92 Å². The van der Waals surface area contributed by atoms with Gasteiger partial charge in [-0.3, -0.25) is 5.43 Å². The summed E-state index contributed by atoms with van der Waals surface area (Å²) in [6.45, 7) is 1.91. The van der Waals surface area contributed by atoms with Crippen molar-refractivity contribution in [2.24, 2.45) is 16.3 Å². The second kappa shape index (κ2) is 2.88. The Kier molecular flexibility index (Phi) is 1.81. The minimum absolute atomic E-state index is 0.0994. The van der Waals surface area contributed by atoms with Crippen molar-refractivity contribution in [1.29, 1.82) is 0 Å². The molecule has 0 aromatic heterocycles. The van der Waals surface area contributed by atoms with Gasteiger partial charge < -0.3 is 10.5 Å². The molecule has 4 nitrogen and oxygen atoms in total. The Morgan fingerprint density at radius 2 is 1.87 bits per heavy atom. The van der Waals surface area contributed by atoms with Crippen molar-refractivity contribution in [3.05, 3.63) is 0 Å². The van der Waals surface area contributed by atoms with Crippen molar-refractivity contribution < 1.29 is 4.74 Å². The molecule has 1 aliphatic heterocycles. The highest BCUT2D eigenvalue weighted by atomic mass is 16.5. The number of hydrogen-bond donors (Lipinski definition) is 2. The third-order valence-corrected chi connectivity index (χ3v) is 4.55. The molecule has 0 amide bonds. The fourth-order valence-corrected chi connectivity index (χ4v) is 3.27. The number of hydrazone groups is 1. The highest BCUT2D eigenvalue weighted by Gasteiger charge is 2.52. The Hall–Kier alpha value is -0.770. The fraction of sp³-hybridized carbons (Fsp3) is 0.909. The summed E-state index contributed by atoms with van der Waals surface area (Å²) in [5.74, 6) is 0.768. The lowest BCUT2D eigenvalue weighted by Gasteiger charge is -2.53. The summed E-state index contributed by atoms with van der Waals surface area (Å²) in [4.78, 5) is 0. The first-order chi connectivity index (χ1) is 7.12. The van der Waals surface area contributed by atoms with E-state index in [1.54, 1.807) is 0 Å². The van der Waals surface area contributed by atoms with Crippen LogP contribution in [0.15, 0.2) is 5.10 Å². The number of rotatable bonds is 1. The van der Waals surface area contributed by atoms with Crippen LogP contribution in [0.4, 0.5) is 0 Å². The lowest BCUT2D eigenvalue weighted by Crippen LogP contribution is -2.57. The molecule has 3 aliphatic carbocycles. The molecule has 0 unspecified atom stereocenters. The van der Waals surface area contributed by atoms with Gasteiger partial charge in [0.25, 0.3) is 0 Å². The number of nitrogens with two attached hydrogens (primary N) is 1. The zero-order valence-electron chi connectivity index (χ0n) is 9.25. The SMILES string of the molecule is CC1=NN[C@@H](C23CCC(N)(CC2)CC3)O1. The molecule has 4 rings (SSSR count). The molecule has 15 heavy (non-hydrogen) atoms. The van der Waals surface area contributed by atoms with Crippen molar-refractivity contribution in [3.8, 4) is 0 Å². The molecule has 0 saturated heterocycles. The highest BCUT2D eigenvalue weighted by Crippen LogP contribution is 2.53. The number of hydrogen-bond acceptors (Lipinski definition) is 4. The van der Waals surface area contributed by atoms with Crippen LogP contribution >= 0.6 is 0 Å². The largest absolute Gasteiger partial charge is 0.454 e. The van der Waals surface area contributed by atoms with Crippen LogP contribution in [0.3, 0.4) is 0 Å². The first-order valence-corrected chi connectivity index (χ1v) is 5.87. The molecule has 0 aromatic rings. The molecule has 0 radical (unpaired) electrons. The Morgan fingerprint density at radius 1 is 1.27 bits per heavy atom. The van der Waals surface area contributed by atoms with E-state index in [0.717, 1.165) is 25.2 Å². The van der Waals surface area contributed by atoms with E-state index >= 15 is 0 Å². The van der Waals surface area contributed by atoms with Crippen molar-refractivity contribution >= 4 is 5.90 Å². The first kappa shape index (κ1) is 9.46. The van der Waals surface area contributed by atoms with Gasteiger partial charge >= 0.3 is 0 Å². The summed E-state index contributed by atoms with van der Waals surface area (Å²) in [6.07, 6.45) is 7.09. The topological polar surface area (TPSA) is 59.6 Å². The van der Waals surface area contributed by atoms with E-state index < -0.39 is 0 Å². The molecule has 84 valence electrons. The molecule has 4 aliphatic rings. The summed E-state index contributed by atoms with van der Waals surface area (Å²) >= 11 is 0. The molecule has 3 N–H and O–H groups in total. The van der Waals surface area contributed by atoms with Gasteiger partial charge in [-0.2, -0.15) is 0 Å². The molecule has 0 spiro atoms. The predicted molar refractivity (Wildman–Crippen MR) is 58.2 cm³/mol. The van der Waals surface area contributed by atoms with Crippen molar-refractivity contribution in [1.82, 2.24) is 5.43 Å². The van der Waals surface area contributed by atoms with Gasteiger partial charge in [0.1, 0.15) is 0 Å². The Labute approximate surface area is 90.2 Å². The maximum absolute atomic E-state index is 6.29. The minimum atomic E-state index is 0.0994. The fourth-order valence-electron chi connectivity index (χ4n) is 3.27. The lowest BCUT2D eigenvalue weighted by atomic mass is 9.57. The summed E-state index contributed by atoms with van der Waals surface area (Å²) in [5, 5.41) is 4.13. The van der Waals surface area contributed by atoms with Gasteiger partial charge in [-0.25, -0.2) is 0 Å². The van der Waals surface area contributed by atoms with E-state index in [-0.39, 0.29) is 11.8 Å². The molecule has 1 heterocycles. The smallest absolute Gasteiger partial charge is 0.204 e. The van der Waals surface area contributed by atoms with E-state index in [4.69, 9.17) is 10.5 Å². The van der Waals surface area contributed by atoms with Gasteiger partial charge in [-0.15, -0.1) is 5.10 Å². The molecule has 3 saturated carbocycles. The van der Waals surface area contributed by atoms with Gasteiger partial charge in [0.15, 0.2) is 6.23 Å². The van der Waals surface area contributed by atoms with Gasteiger partial charge in [-0.1, -0.05) is 0 Å². The average Bonchev–Trinajstić information content (AvgIpc) is 2.67. The summed E-state index contributed by atoms with van der Waals surface area (Å²) in [7, 11) is 0. The standard InChI is InChI=1S/C11H19N3O/c1-8-13-14-9(15-8)10-2-5-11(12,6-3-10)7-4-10/h9,14H,2-7,12H2,1H3/t9-,10?,11?/m1/s1. The highest BCUT2D eigenvalue weighted by molar-refractivity contribution is 5.74. The predicted octanol–water partition coefficient (Wildman–Crippen LogP) is 1.32. The Balaban J connectivity index is 1.76. The van der Waals surface area contributed by atoms with Crippen LogP contribution < -0.4 is 11.2 Å². The van der Waals surface area contributed by atoms with Gasteiger partial charge in [0.05, 0.1) is 0 Å². The Bertz CT molecular complexity index is 288. The van der Waals surface area contributed by atoms with E-state index in [2.05, 4.69) is 10.5 Å². The van der Waals surface area contributed by atoms with Gasteiger partial charge in [0.2, 0.25) is 5.90 Å². The molecular weight excluding hydrogens is 190 g/mol. The van der Waals surface area contributed by atoms with Crippen molar-refractivity contribution in [3.63, 3.8) is 0 Å². The average molecular weight is 209 g/mol. The molecule has 4 heteroatoms. The van der Waals surface area contributed by atoms with Crippen LogP contribution in [0.25, 0.3) is 0 Å². The third kappa shape index (κ3) is 1.34. The Morgan fingerprint density at radius 3 is 2.33 bits per heavy atom. The monoisotopic (exact) mass is 209 g/mol. The second-order valence-electron chi connectivity index (χ2n) is 5.48. The third-order valence-electron chi connectivity index (χ3n) is 4.55. The maximum atomic E-state index is 6.29. The minimum Gasteiger partial charge on any atom is -0.454 e. The lowest BCUT2D eigenvalue weighted by molar-refractivity contribution is -0.0584. The number of nitrogens with one attached hydrogen (secondary N) is 1. The van der Waals surface area contributed by atoms with E-state index in [0.29, 0.717) is 5.41 Å². The maximum Gasteiger partial charge on any atom is 0.204 e. The number of fused-ring (bicyclic) bond motifs is 3. The second-order valence-corrected chi connectivity index (χ2v) is 5.48. The molecule has 3 fully saturated rings. The van der Waals surface area contributed by atoms with Crippen LogP contribution in [0.2, 0.25) is 0 Å². The van der Waals surface area contributed by atoms with Crippen LogP contribution in [0, 0.1) is 5.41 Å². The number of ether oxygens (including phenoxy) is 1. The van der Waals surface area contributed by atoms with E-state index in [9.17, 15) is 0 Å².